The summed E-state index contributed by atoms with van der Waals surface area (Å²) < 4.78 is 7.30. The molecule has 0 fully saturated rings. The molecule has 0 saturated carbocycles. The highest BCUT2D eigenvalue weighted by Crippen LogP contribution is 2.27. The number of aryl methyl sites for hydroxylation is 1. The fourth-order valence-electron chi connectivity index (χ4n) is 2.93. The largest absolute Gasteiger partial charge is 0.494 e. The number of imidazole rings is 1. The first-order valence-corrected chi connectivity index (χ1v) is 7.93. The van der Waals surface area contributed by atoms with E-state index < -0.39 is 0 Å². The zero-order valence-corrected chi connectivity index (χ0v) is 14.3. The van der Waals surface area contributed by atoms with Crippen molar-refractivity contribution < 1.29 is 4.74 Å². The monoisotopic (exact) mass is 334 g/mol. The van der Waals surface area contributed by atoms with Gasteiger partial charge >= 0.3 is 0 Å². The third kappa shape index (κ3) is 2.63. The highest BCUT2D eigenvalue weighted by molar-refractivity contribution is 5.87. The summed E-state index contributed by atoms with van der Waals surface area (Å²) in [7, 11) is 5.56. The van der Waals surface area contributed by atoms with E-state index in [9.17, 15) is 0 Å². The van der Waals surface area contributed by atoms with Gasteiger partial charge in [0.05, 0.1) is 19.6 Å². The second-order valence-electron chi connectivity index (χ2n) is 5.92. The average molecular weight is 334 g/mol. The van der Waals surface area contributed by atoms with Crippen LogP contribution in [0.4, 0.5) is 5.95 Å². The highest BCUT2D eigenvalue weighted by Gasteiger charge is 2.12. The molecular weight excluding hydrogens is 316 g/mol. The van der Waals surface area contributed by atoms with Crippen LogP contribution in [0, 0.1) is 0 Å². The predicted molar refractivity (Wildman–Crippen MR) is 96.7 cm³/mol. The van der Waals surface area contributed by atoms with Crippen LogP contribution in [0.1, 0.15) is 5.56 Å². The van der Waals surface area contributed by atoms with Crippen LogP contribution in [0.2, 0.25) is 0 Å². The van der Waals surface area contributed by atoms with Gasteiger partial charge in [-0.3, -0.25) is 4.98 Å². The molecule has 25 heavy (non-hydrogen) atoms. The lowest BCUT2D eigenvalue weighted by Crippen LogP contribution is -2.19. The maximum atomic E-state index is 5.41. The van der Waals surface area contributed by atoms with Crippen molar-refractivity contribution in [2.75, 3.05) is 19.1 Å². The van der Waals surface area contributed by atoms with E-state index in [1.54, 1.807) is 25.8 Å². The lowest BCUT2D eigenvalue weighted by atomic mass is 10.1. The van der Waals surface area contributed by atoms with Gasteiger partial charge in [0.15, 0.2) is 5.65 Å². The fourth-order valence-corrected chi connectivity index (χ4v) is 2.93. The molecule has 3 aromatic heterocycles. The third-order valence-corrected chi connectivity index (χ3v) is 4.23. The Labute approximate surface area is 144 Å². The highest BCUT2D eigenvalue weighted by atomic mass is 16.5. The van der Waals surface area contributed by atoms with Gasteiger partial charge in [-0.15, -0.1) is 0 Å². The standard InChI is InChI=1S/C18H18N6O/c1-23(18-20-9-14-17(22-18)24(2)11-21-14)10-12-6-7-15(25-3)16-13(12)5-4-8-19-16/h4-9,11H,10H2,1-3H3. The Morgan fingerprint density at radius 1 is 1.16 bits per heavy atom. The molecule has 0 aliphatic rings. The van der Waals surface area contributed by atoms with Gasteiger partial charge in [0, 0.05) is 32.2 Å². The van der Waals surface area contributed by atoms with Crippen LogP contribution in [0.5, 0.6) is 5.75 Å². The van der Waals surface area contributed by atoms with Crippen molar-refractivity contribution in [3.63, 3.8) is 0 Å². The van der Waals surface area contributed by atoms with Crippen molar-refractivity contribution in [2.24, 2.45) is 7.05 Å². The van der Waals surface area contributed by atoms with Gasteiger partial charge < -0.3 is 14.2 Å². The van der Waals surface area contributed by atoms with Gasteiger partial charge in [-0.05, 0) is 17.7 Å². The summed E-state index contributed by atoms with van der Waals surface area (Å²) in [5.41, 5.74) is 3.61. The van der Waals surface area contributed by atoms with Crippen LogP contribution < -0.4 is 9.64 Å². The van der Waals surface area contributed by atoms with Crippen LogP contribution in [-0.4, -0.2) is 38.7 Å². The minimum atomic E-state index is 0.656. The summed E-state index contributed by atoms with van der Waals surface area (Å²) in [6.45, 7) is 0.662. The molecule has 0 amide bonds. The molecule has 0 bridgehead atoms. The Kier molecular flexibility index (Phi) is 3.68. The Morgan fingerprint density at radius 2 is 2.04 bits per heavy atom. The first-order valence-electron chi connectivity index (χ1n) is 7.93. The Bertz CT molecular complexity index is 1060. The zero-order chi connectivity index (χ0) is 17.4. The molecule has 4 rings (SSSR count). The maximum absolute atomic E-state index is 5.41. The molecule has 0 atom stereocenters. The number of aromatic nitrogens is 5. The summed E-state index contributed by atoms with van der Waals surface area (Å²) in [6.07, 6.45) is 5.27. The summed E-state index contributed by atoms with van der Waals surface area (Å²) >= 11 is 0. The molecule has 0 aliphatic heterocycles. The summed E-state index contributed by atoms with van der Waals surface area (Å²) in [4.78, 5) is 19.8. The van der Waals surface area contributed by atoms with Crippen LogP contribution in [0.25, 0.3) is 22.1 Å². The van der Waals surface area contributed by atoms with E-state index in [1.807, 2.05) is 35.7 Å². The number of anilines is 1. The second-order valence-corrected chi connectivity index (χ2v) is 5.92. The molecule has 4 aromatic rings. The van der Waals surface area contributed by atoms with E-state index in [4.69, 9.17) is 4.74 Å². The number of rotatable bonds is 4. The zero-order valence-electron chi connectivity index (χ0n) is 14.3. The van der Waals surface area contributed by atoms with Gasteiger partial charge in [-0.25, -0.2) is 9.97 Å². The molecule has 0 spiro atoms. The molecule has 0 aliphatic carbocycles. The third-order valence-electron chi connectivity index (χ3n) is 4.23. The SMILES string of the molecule is COc1ccc(CN(C)c2ncc3ncn(C)c3n2)c2cccnc12. The van der Waals surface area contributed by atoms with Gasteiger partial charge in [0.1, 0.15) is 16.8 Å². The van der Waals surface area contributed by atoms with Gasteiger partial charge in [0.25, 0.3) is 0 Å². The average Bonchev–Trinajstić information content (AvgIpc) is 3.02. The Balaban J connectivity index is 1.71. The van der Waals surface area contributed by atoms with Gasteiger partial charge in [0.2, 0.25) is 5.95 Å². The van der Waals surface area contributed by atoms with Crippen LogP contribution >= 0.6 is 0 Å². The van der Waals surface area contributed by atoms with Crippen molar-refractivity contribution in [2.45, 2.75) is 6.54 Å². The number of fused-ring (bicyclic) bond motifs is 2. The van der Waals surface area contributed by atoms with Gasteiger partial charge in [-0.2, -0.15) is 4.98 Å². The molecule has 0 N–H and O–H groups in total. The summed E-state index contributed by atoms with van der Waals surface area (Å²) in [6, 6.07) is 7.99. The minimum absolute atomic E-state index is 0.656. The fraction of sp³-hybridized carbons (Fsp3) is 0.222. The molecule has 0 radical (unpaired) electrons. The normalized spacial score (nSPS) is 11.2. The first-order chi connectivity index (χ1) is 12.2. The topological polar surface area (TPSA) is 69.0 Å². The lowest BCUT2D eigenvalue weighted by molar-refractivity contribution is 0.419. The van der Waals surface area contributed by atoms with Crippen LogP contribution in [0.3, 0.4) is 0 Å². The van der Waals surface area contributed by atoms with E-state index in [0.717, 1.165) is 33.4 Å². The van der Waals surface area contributed by atoms with E-state index in [2.05, 4.69) is 32.1 Å². The second kappa shape index (κ2) is 6.01. The van der Waals surface area contributed by atoms with Crippen molar-refractivity contribution >= 4 is 28.0 Å². The van der Waals surface area contributed by atoms with Crippen molar-refractivity contribution in [3.8, 4) is 5.75 Å². The van der Waals surface area contributed by atoms with E-state index in [0.29, 0.717) is 12.5 Å². The molecule has 0 unspecified atom stereocenters. The summed E-state index contributed by atoms with van der Waals surface area (Å²) in [5, 5.41) is 1.07. The lowest BCUT2D eigenvalue weighted by Gasteiger charge is -2.18. The Morgan fingerprint density at radius 3 is 2.88 bits per heavy atom. The quantitative estimate of drug-likeness (QED) is 0.571. The van der Waals surface area contributed by atoms with E-state index in [1.165, 1.54) is 0 Å². The Hall–Kier alpha value is -3.22. The number of methoxy groups -OCH3 is 1. The molecule has 3 heterocycles. The number of hydrogen-bond donors (Lipinski definition) is 0. The van der Waals surface area contributed by atoms with Crippen molar-refractivity contribution in [1.29, 1.82) is 0 Å². The van der Waals surface area contributed by atoms with Gasteiger partial charge in [-0.1, -0.05) is 12.1 Å². The summed E-state index contributed by atoms with van der Waals surface area (Å²) in [5.74, 6) is 1.43. The maximum Gasteiger partial charge on any atom is 0.227 e. The number of hydrogen-bond acceptors (Lipinski definition) is 6. The minimum Gasteiger partial charge on any atom is -0.494 e. The molecule has 1 aromatic carbocycles. The first kappa shape index (κ1) is 15.3. The number of nitrogens with zero attached hydrogens (tertiary/aromatic N) is 6. The van der Waals surface area contributed by atoms with Crippen LogP contribution in [-0.2, 0) is 13.6 Å². The van der Waals surface area contributed by atoms with E-state index >= 15 is 0 Å². The molecule has 126 valence electrons. The van der Waals surface area contributed by atoms with Crippen molar-refractivity contribution in [1.82, 2.24) is 24.5 Å². The molecule has 0 saturated heterocycles. The van der Waals surface area contributed by atoms with Crippen molar-refractivity contribution in [3.05, 3.63) is 48.5 Å². The smallest absolute Gasteiger partial charge is 0.227 e. The predicted octanol–water partition coefficient (Wildman–Crippen LogP) is 2.56. The molecule has 7 heteroatoms. The number of pyridine rings is 1. The number of ether oxygens (including phenoxy) is 1. The molecular formula is C18H18N6O. The van der Waals surface area contributed by atoms with Crippen LogP contribution in [0.15, 0.2) is 43.0 Å². The van der Waals surface area contributed by atoms with E-state index in [-0.39, 0.29) is 0 Å². The molecule has 7 nitrogen and oxygen atoms in total. The number of benzene rings is 1.